The second-order valence-electron chi connectivity index (χ2n) is 6.59. The molecule has 3 nitrogen and oxygen atoms in total. The first kappa shape index (κ1) is 17.9. The normalized spacial score (nSPS) is 10.7. The fourth-order valence-corrected chi connectivity index (χ4v) is 3.02. The van der Waals surface area contributed by atoms with E-state index in [1.54, 1.807) is 6.92 Å². The van der Waals surface area contributed by atoms with E-state index >= 15 is 0 Å². The van der Waals surface area contributed by atoms with Gasteiger partial charge in [-0.15, -0.1) is 0 Å². The van der Waals surface area contributed by atoms with Gasteiger partial charge in [0.1, 0.15) is 11.5 Å². The van der Waals surface area contributed by atoms with Crippen molar-refractivity contribution >= 4 is 11.5 Å². The molecule has 1 aromatic heterocycles. The highest BCUT2D eigenvalue weighted by molar-refractivity contribution is 5.97. The van der Waals surface area contributed by atoms with Crippen LogP contribution in [0.25, 0.3) is 0 Å². The van der Waals surface area contributed by atoms with E-state index in [1.165, 1.54) is 5.56 Å². The Hall–Kier alpha value is -2.94. The Kier molecular flexibility index (Phi) is 5.47. The van der Waals surface area contributed by atoms with Crippen LogP contribution < -0.4 is 0 Å². The number of benzene rings is 2. The monoisotopic (exact) mass is 345 g/mol. The molecule has 3 rings (SSSR count). The summed E-state index contributed by atoms with van der Waals surface area (Å²) in [5.74, 6) is 1.62. The Balaban J connectivity index is 1.63. The van der Waals surface area contributed by atoms with Crippen molar-refractivity contribution in [2.45, 2.75) is 33.1 Å². The van der Waals surface area contributed by atoms with Crippen molar-refractivity contribution in [2.24, 2.45) is 0 Å². The van der Waals surface area contributed by atoms with Gasteiger partial charge in [0.2, 0.25) is 0 Å². The van der Waals surface area contributed by atoms with E-state index in [1.807, 2.05) is 55.5 Å². The van der Waals surface area contributed by atoms with Gasteiger partial charge in [0.05, 0.1) is 5.56 Å². The zero-order valence-electron chi connectivity index (χ0n) is 15.2. The molecule has 1 N–H and O–H groups in total. The lowest BCUT2D eigenvalue weighted by atomic mass is 10.0. The molecule has 0 saturated carbocycles. The lowest BCUT2D eigenvalue weighted by molar-refractivity contribution is 0.0981. The van der Waals surface area contributed by atoms with Gasteiger partial charge in [-0.05, 0) is 43.0 Å². The van der Waals surface area contributed by atoms with Gasteiger partial charge in [-0.25, -0.2) is 0 Å². The van der Waals surface area contributed by atoms with Crippen molar-refractivity contribution in [2.75, 3.05) is 0 Å². The number of carbonyl (C=O) groups excluding carboxylic acids is 1. The lowest BCUT2D eigenvalue weighted by Crippen LogP contribution is -2.02. The highest BCUT2D eigenvalue weighted by atomic mass is 16.3. The van der Waals surface area contributed by atoms with Gasteiger partial charge >= 0.3 is 0 Å². The zero-order valence-corrected chi connectivity index (χ0v) is 15.2. The molecule has 0 spiro atoms. The van der Waals surface area contributed by atoms with Crippen molar-refractivity contribution < 1.29 is 9.21 Å². The number of carbonyl (C=O) groups is 1. The van der Waals surface area contributed by atoms with Crippen LogP contribution in [0.1, 0.15) is 51.9 Å². The van der Waals surface area contributed by atoms with Crippen LogP contribution in [0.5, 0.6) is 0 Å². The van der Waals surface area contributed by atoms with E-state index in [0.29, 0.717) is 36.3 Å². The Labute approximate surface area is 154 Å². The highest BCUT2D eigenvalue weighted by Gasteiger charge is 2.15. The van der Waals surface area contributed by atoms with E-state index in [4.69, 9.17) is 9.83 Å². The van der Waals surface area contributed by atoms with Crippen molar-refractivity contribution in [1.82, 2.24) is 0 Å². The summed E-state index contributed by atoms with van der Waals surface area (Å²) in [7, 11) is 0. The quantitative estimate of drug-likeness (QED) is 0.461. The maximum atomic E-state index is 12.6. The molecule has 132 valence electrons. The van der Waals surface area contributed by atoms with Gasteiger partial charge in [-0.3, -0.25) is 4.79 Å². The smallest absolute Gasteiger partial charge is 0.166 e. The third kappa shape index (κ3) is 4.37. The van der Waals surface area contributed by atoms with Crippen LogP contribution in [-0.4, -0.2) is 11.5 Å². The molecule has 0 saturated heterocycles. The van der Waals surface area contributed by atoms with Crippen LogP contribution in [0.3, 0.4) is 0 Å². The fraction of sp³-hybridized carbons (Fsp3) is 0.217. The van der Waals surface area contributed by atoms with Crippen LogP contribution in [0.15, 0.2) is 65.1 Å². The standard InChI is InChI=1S/C23H23NO2/c1-16(24)20-11-8-18(9-12-20)10-13-23(25)22-15-21(26-17(22)2)14-19-6-4-3-5-7-19/h3-9,11-12,15,24H,10,13-14H2,1-2H3. The first-order valence-electron chi connectivity index (χ1n) is 8.84. The van der Waals surface area contributed by atoms with Gasteiger partial charge < -0.3 is 9.83 Å². The summed E-state index contributed by atoms with van der Waals surface area (Å²) in [6.45, 7) is 3.62. The number of ketones is 1. The van der Waals surface area contributed by atoms with Crippen LogP contribution >= 0.6 is 0 Å². The minimum absolute atomic E-state index is 0.109. The van der Waals surface area contributed by atoms with E-state index in [2.05, 4.69) is 12.1 Å². The second kappa shape index (κ2) is 7.96. The van der Waals surface area contributed by atoms with Crippen molar-refractivity contribution in [3.8, 4) is 0 Å². The van der Waals surface area contributed by atoms with Gasteiger partial charge in [0, 0.05) is 18.6 Å². The predicted molar refractivity (Wildman–Crippen MR) is 104 cm³/mol. The number of hydrogen-bond donors (Lipinski definition) is 1. The molecule has 0 amide bonds. The number of aryl methyl sites for hydroxylation is 2. The predicted octanol–water partition coefficient (Wildman–Crippen LogP) is 5.38. The molecule has 3 aromatic rings. The van der Waals surface area contributed by atoms with Crippen molar-refractivity contribution in [3.05, 3.63) is 94.4 Å². The minimum Gasteiger partial charge on any atom is -0.465 e. The van der Waals surface area contributed by atoms with Gasteiger partial charge in [-0.2, -0.15) is 0 Å². The van der Waals surface area contributed by atoms with Crippen LogP contribution in [-0.2, 0) is 12.8 Å². The van der Waals surface area contributed by atoms with E-state index in [-0.39, 0.29) is 5.78 Å². The summed E-state index contributed by atoms with van der Waals surface area (Å²) in [6, 6.07) is 19.8. The number of nitrogens with one attached hydrogen (secondary N) is 1. The molecule has 0 fully saturated rings. The van der Waals surface area contributed by atoms with Gasteiger partial charge in [0.25, 0.3) is 0 Å². The first-order valence-corrected chi connectivity index (χ1v) is 8.84. The summed E-state index contributed by atoms with van der Waals surface area (Å²) in [4.78, 5) is 12.6. The third-order valence-electron chi connectivity index (χ3n) is 4.52. The molecule has 0 bridgehead atoms. The molecule has 26 heavy (non-hydrogen) atoms. The van der Waals surface area contributed by atoms with Gasteiger partial charge in [-0.1, -0.05) is 54.6 Å². The molecule has 3 heteroatoms. The summed E-state index contributed by atoms with van der Waals surface area (Å²) >= 11 is 0. The van der Waals surface area contributed by atoms with E-state index in [9.17, 15) is 4.79 Å². The molecule has 2 aromatic carbocycles. The van der Waals surface area contributed by atoms with Crippen LogP contribution in [0.2, 0.25) is 0 Å². The fourth-order valence-electron chi connectivity index (χ4n) is 3.02. The Bertz CT molecular complexity index is 905. The first-order chi connectivity index (χ1) is 12.5. The van der Waals surface area contributed by atoms with E-state index < -0.39 is 0 Å². The average Bonchev–Trinajstić information content (AvgIpc) is 3.01. The molecule has 0 aliphatic heterocycles. The SMILES string of the molecule is CC(=N)c1ccc(CCC(=O)c2cc(Cc3ccccc3)oc2C)cc1. The second-order valence-corrected chi connectivity index (χ2v) is 6.59. The molecular weight excluding hydrogens is 322 g/mol. The minimum atomic E-state index is 0.109. The molecule has 0 atom stereocenters. The molecule has 0 aliphatic rings. The molecule has 0 radical (unpaired) electrons. The summed E-state index contributed by atoms with van der Waals surface area (Å²) < 4.78 is 5.79. The molecule has 0 aliphatic carbocycles. The summed E-state index contributed by atoms with van der Waals surface area (Å²) in [5, 5.41) is 7.63. The summed E-state index contributed by atoms with van der Waals surface area (Å²) in [6.07, 6.45) is 1.84. The zero-order chi connectivity index (χ0) is 18.5. The van der Waals surface area contributed by atoms with Crippen LogP contribution in [0, 0.1) is 12.3 Å². The lowest BCUT2D eigenvalue weighted by Gasteiger charge is -2.03. The molecular formula is C23H23NO2. The van der Waals surface area contributed by atoms with Crippen molar-refractivity contribution in [3.63, 3.8) is 0 Å². The maximum absolute atomic E-state index is 12.6. The Morgan fingerprint density at radius 3 is 2.35 bits per heavy atom. The van der Waals surface area contributed by atoms with Crippen LogP contribution in [0.4, 0.5) is 0 Å². The largest absolute Gasteiger partial charge is 0.465 e. The third-order valence-corrected chi connectivity index (χ3v) is 4.52. The van der Waals surface area contributed by atoms with E-state index in [0.717, 1.165) is 16.9 Å². The topological polar surface area (TPSA) is 54.1 Å². The number of furan rings is 1. The summed E-state index contributed by atoms with van der Waals surface area (Å²) in [5.41, 5.74) is 4.42. The number of hydrogen-bond acceptors (Lipinski definition) is 3. The molecule has 0 unspecified atom stereocenters. The molecule has 1 heterocycles. The Morgan fingerprint density at radius 2 is 1.69 bits per heavy atom. The maximum Gasteiger partial charge on any atom is 0.166 e. The average molecular weight is 345 g/mol. The number of Topliss-reactive ketones (excluding diaryl/α,β-unsaturated/α-hetero) is 1. The van der Waals surface area contributed by atoms with Gasteiger partial charge in [0.15, 0.2) is 5.78 Å². The number of rotatable bonds is 7. The highest BCUT2D eigenvalue weighted by Crippen LogP contribution is 2.20. The van der Waals surface area contributed by atoms with Crippen molar-refractivity contribution in [1.29, 1.82) is 5.41 Å². The Morgan fingerprint density at radius 1 is 1.00 bits per heavy atom.